The molecule has 0 amide bonds. The third-order valence-corrected chi connectivity index (χ3v) is 4.96. The number of benzene rings is 1. The Morgan fingerprint density at radius 2 is 2.09 bits per heavy atom. The van der Waals surface area contributed by atoms with E-state index in [1.807, 2.05) is 6.07 Å². The Hall–Kier alpha value is -1.68. The van der Waals surface area contributed by atoms with Crippen molar-refractivity contribution in [2.75, 3.05) is 19.6 Å². The van der Waals surface area contributed by atoms with Gasteiger partial charge in [0, 0.05) is 25.4 Å². The monoisotopic (exact) mass is 314 g/mol. The summed E-state index contributed by atoms with van der Waals surface area (Å²) in [5.41, 5.74) is 0.661. The molecule has 1 saturated heterocycles. The molecule has 2 aromatic rings. The first kappa shape index (κ1) is 14.9. The molecule has 2 fully saturated rings. The van der Waals surface area contributed by atoms with E-state index in [2.05, 4.69) is 9.88 Å². The van der Waals surface area contributed by atoms with E-state index in [0.29, 0.717) is 17.9 Å². The largest absolute Gasteiger partial charge is 0.445 e. The zero-order valence-electron chi connectivity index (χ0n) is 13.4. The van der Waals surface area contributed by atoms with Gasteiger partial charge in [-0.15, -0.1) is 0 Å². The molecule has 2 heterocycles. The van der Waals surface area contributed by atoms with Crippen LogP contribution in [0.2, 0.25) is 0 Å². The van der Waals surface area contributed by atoms with Crippen molar-refractivity contribution in [1.29, 1.82) is 0 Å². The van der Waals surface area contributed by atoms with E-state index in [4.69, 9.17) is 4.42 Å². The van der Waals surface area contributed by atoms with Gasteiger partial charge in [-0.3, -0.25) is 0 Å². The summed E-state index contributed by atoms with van der Waals surface area (Å²) in [6, 6.07) is 6.85. The summed E-state index contributed by atoms with van der Waals surface area (Å²) in [7, 11) is 0. The van der Waals surface area contributed by atoms with E-state index >= 15 is 0 Å². The topological polar surface area (TPSA) is 29.3 Å². The minimum atomic E-state index is -0.182. The molecule has 4 heteroatoms. The fourth-order valence-electron chi connectivity index (χ4n) is 3.51. The maximum atomic E-state index is 13.7. The highest BCUT2D eigenvalue weighted by molar-refractivity contribution is 5.21. The van der Waals surface area contributed by atoms with Crippen LogP contribution < -0.4 is 0 Å². The van der Waals surface area contributed by atoms with Crippen molar-refractivity contribution < 1.29 is 8.81 Å². The van der Waals surface area contributed by atoms with Gasteiger partial charge in [-0.05, 0) is 49.8 Å². The molecule has 0 N–H and O–H groups in total. The summed E-state index contributed by atoms with van der Waals surface area (Å²) in [4.78, 5) is 7.04. The number of nitrogens with zero attached hydrogens (tertiary/aromatic N) is 2. The minimum absolute atomic E-state index is 0.182. The molecule has 1 aromatic heterocycles. The van der Waals surface area contributed by atoms with Crippen LogP contribution in [0.1, 0.15) is 48.8 Å². The molecule has 0 bridgehead atoms. The Morgan fingerprint density at radius 3 is 2.91 bits per heavy atom. The number of rotatable bonds is 5. The van der Waals surface area contributed by atoms with Gasteiger partial charge < -0.3 is 9.32 Å². The first-order chi connectivity index (χ1) is 11.3. The molecule has 0 radical (unpaired) electrons. The van der Waals surface area contributed by atoms with Crippen molar-refractivity contribution in [2.45, 2.75) is 38.0 Å². The lowest BCUT2D eigenvalue weighted by Crippen LogP contribution is -2.35. The van der Waals surface area contributed by atoms with Gasteiger partial charge in [-0.25, -0.2) is 9.37 Å². The van der Waals surface area contributed by atoms with Gasteiger partial charge in [0.25, 0.3) is 0 Å². The van der Waals surface area contributed by atoms with Gasteiger partial charge in [-0.2, -0.15) is 0 Å². The van der Waals surface area contributed by atoms with E-state index in [-0.39, 0.29) is 5.82 Å². The number of piperidine rings is 1. The summed E-state index contributed by atoms with van der Waals surface area (Å²) < 4.78 is 19.7. The summed E-state index contributed by atoms with van der Waals surface area (Å²) >= 11 is 0. The summed E-state index contributed by atoms with van der Waals surface area (Å²) in [6.45, 7) is 3.49. The van der Waals surface area contributed by atoms with Crippen molar-refractivity contribution >= 4 is 0 Å². The molecule has 1 aliphatic carbocycles. The average Bonchev–Trinajstić information content (AvgIpc) is 3.25. The van der Waals surface area contributed by atoms with Crippen LogP contribution >= 0.6 is 0 Å². The Kier molecular flexibility index (Phi) is 4.17. The number of oxazole rings is 1. The van der Waals surface area contributed by atoms with Crippen LogP contribution in [0.4, 0.5) is 4.39 Å². The Bertz CT molecular complexity index is 665. The van der Waals surface area contributed by atoms with Crippen LogP contribution in [0.15, 0.2) is 34.9 Å². The van der Waals surface area contributed by atoms with Crippen molar-refractivity contribution in [2.24, 2.45) is 5.92 Å². The molecular formula is C19H23FN2O. The summed E-state index contributed by atoms with van der Waals surface area (Å²) in [5, 5.41) is 0. The van der Waals surface area contributed by atoms with Gasteiger partial charge in [0.2, 0.25) is 0 Å². The second-order valence-electron chi connectivity index (χ2n) is 6.98. The van der Waals surface area contributed by atoms with Gasteiger partial charge in [-0.1, -0.05) is 18.2 Å². The van der Waals surface area contributed by atoms with E-state index in [0.717, 1.165) is 30.5 Å². The SMILES string of the molecule is Fc1ccccc1Cc1cnc([C@H]2CCCN(CC3CC3)C2)o1. The molecule has 1 saturated carbocycles. The lowest BCUT2D eigenvalue weighted by molar-refractivity contribution is 0.185. The van der Waals surface area contributed by atoms with Crippen LogP contribution in [0.5, 0.6) is 0 Å². The number of likely N-dealkylation sites (tertiary alicyclic amines) is 1. The first-order valence-electron chi connectivity index (χ1n) is 8.68. The summed E-state index contributed by atoms with van der Waals surface area (Å²) in [6.07, 6.45) is 7.38. The third kappa shape index (κ3) is 3.63. The lowest BCUT2D eigenvalue weighted by Gasteiger charge is -2.31. The average molecular weight is 314 g/mol. The predicted molar refractivity (Wildman–Crippen MR) is 86.8 cm³/mol. The summed E-state index contributed by atoms with van der Waals surface area (Å²) in [5.74, 6) is 2.71. The van der Waals surface area contributed by atoms with Crippen LogP contribution in [-0.4, -0.2) is 29.5 Å². The van der Waals surface area contributed by atoms with Crippen molar-refractivity contribution in [3.63, 3.8) is 0 Å². The molecule has 0 unspecified atom stereocenters. The molecule has 0 spiro atoms. The lowest BCUT2D eigenvalue weighted by atomic mass is 9.98. The van der Waals surface area contributed by atoms with Gasteiger partial charge in [0.1, 0.15) is 11.6 Å². The van der Waals surface area contributed by atoms with Crippen molar-refractivity contribution in [3.05, 3.63) is 53.5 Å². The Morgan fingerprint density at radius 1 is 1.22 bits per heavy atom. The number of hydrogen-bond donors (Lipinski definition) is 0. The molecule has 2 aliphatic rings. The molecule has 1 atom stereocenters. The van der Waals surface area contributed by atoms with Gasteiger partial charge >= 0.3 is 0 Å². The smallest absolute Gasteiger partial charge is 0.198 e. The predicted octanol–water partition coefficient (Wildman–Crippen LogP) is 3.99. The van der Waals surface area contributed by atoms with E-state index in [9.17, 15) is 4.39 Å². The third-order valence-electron chi connectivity index (χ3n) is 4.96. The molecule has 23 heavy (non-hydrogen) atoms. The Balaban J connectivity index is 1.41. The fourth-order valence-corrected chi connectivity index (χ4v) is 3.51. The highest BCUT2D eigenvalue weighted by Crippen LogP contribution is 2.33. The number of aromatic nitrogens is 1. The van der Waals surface area contributed by atoms with E-state index in [1.54, 1.807) is 18.3 Å². The second-order valence-corrected chi connectivity index (χ2v) is 6.98. The van der Waals surface area contributed by atoms with Crippen molar-refractivity contribution in [1.82, 2.24) is 9.88 Å². The Labute approximate surface area is 136 Å². The van der Waals surface area contributed by atoms with Crippen LogP contribution in [0.25, 0.3) is 0 Å². The molecule has 1 aromatic carbocycles. The van der Waals surface area contributed by atoms with Crippen molar-refractivity contribution in [3.8, 4) is 0 Å². The van der Waals surface area contributed by atoms with Gasteiger partial charge in [0.05, 0.1) is 6.20 Å². The maximum Gasteiger partial charge on any atom is 0.198 e. The quantitative estimate of drug-likeness (QED) is 0.835. The number of hydrogen-bond acceptors (Lipinski definition) is 3. The standard InChI is InChI=1S/C19H23FN2O/c20-18-6-2-1-4-15(18)10-17-11-21-19(23-17)16-5-3-9-22(13-16)12-14-7-8-14/h1-2,4,6,11,14,16H,3,5,7-10,12-13H2/t16-/m0/s1. The van der Waals surface area contributed by atoms with Crippen LogP contribution in [-0.2, 0) is 6.42 Å². The normalized spacial score (nSPS) is 22.4. The molecule has 122 valence electrons. The molecule has 1 aliphatic heterocycles. The van der Waals surface area contributed by atoms with E-state index in [1.165, 1.54) is 38.4 Å². The maximum absolute atomic E-state index is 13.7. The van der Waals surface area contributed by atoms with Gasteiger partial charge in [0.15, 0.2) is 5.89 Å². The zero-order chi connectivity index (χ0) is 15.6. The zero-order valence-corrected chi connectivity index (χ0v) is 13.4. The minimum Gasteiger partial charge on any atom is -0.445 e. The number of halogens is 1. The van der Waals surface area contributed by atoms with Crippen LogP contribution in [0.3, 0.4) is 0 Å². The molecule has 3 nitrogen and oxygen atoms in total. The molecule has 4 rings (SSSR count). The fraction of sp³-hybridized carbons (Fsp3) is 0.526. The van der Waals surface area contributed by atoms with E-state index < -0.39 is 0 Å². The van der Waals surface area contributed by atoms with Crippen LogP contribution in [0, 0.1) is 11.7 Å². The molecular weight excluding hydrogens is 291 g/mol. The first-order valence-corrected chi connectivity index (χ1v) is 8.68. The highest BCUT2D eigenvalue weighted by Gasteiger charge is 2.29. The highest BCUT2D eigenvalue weighted by atomic mass is 19.1. The second kappa shape index (κ2) is 6.44.